The highest BCUT2D eigenvalue weighted by atomic mass is 16.5. The van der Waals surface area contributed by atoms with Crippen molar-refractivity contribution in [1.82, 2.24) is 10.2 Å². The van der Waals surface area contributed by atoms with Crippen molar-refractivity contribution >= 4 is 17.8 Å². The fourth-order valence-electron chi connectivity index (χ4n) is 3.81. The molecule has 4 atom stereocenters. The van der Waals surface area contributed by atoms with Crippen LogP contribution in [0.15, 0.2) is 24.3 Å². The van der Waals surface area contributed by atoms with Crippen molar-refractivity contribution in [1.29, 1.82) is 0 Å². The number of amides is 2. The predicted octanol–water partition coefficient (Wildman–Crippen LogP) is 1.19. The Morgan fingerprint density at radius 1 is 1.25 bits per heavy atom. The van der Waals surface area contributed by atoms with Crippen molar-refractivity contribution in [2.24, 2.45) is 11.8 Å². The molecule has 24 heavy (non-hydrogen) atoms. The molecule has 2 aliphatic heterocycles. The number of imide groups is 1. The third kappa shape index (κ3) is 2.24. The number of rotatable bonds is 3. The first-order valence-corrected chi connectivity index (χ1v) is 8.14. The molecule has 6 heteroatoms. The summed E-state index contributed by atoms with van der Waals surface area (Å²) in [6.07, 6.45) is 0. The number of benzene rings is 1. The average molecular weight is 330 g/mol. The Kier molecular flexibility index (Phi) is 3.95. The number of likely N-dealkylation sites (tertiary alicyclic amines) is 1. The summed E-state index contributed by atoms with van der Waals surface area (Å²) < 4.78 is 5.18. The van der Waals surface area contributed by atoms with Gasteiger partial charge in [-0.1, -0.05) is 29.8 Å². The van der Waals surface area contributed by atoms with Crippen LogP contribution in [0.5, 0.6) is 0 Å². The zero-order valence-electron chi connectivity index (χ0n) is 14.3. The molecule has 2 fully saturated rings. The van der Waals surface area contributed by atoms with Crippen LogP contribution in [0.2, 0.25) is 0 Å². The van der Waals surface area contributed by atoms with Gasteiger partial charge in [0.2, 0.25) is 11.8 Å². The lowest BCUT2D eigenvalue weighted by molar-refractivity contribution is -0.155. The lowest BCUT2D eigenvalue weighted by Crippen LogP contribution is -2.53. The molecule has 0 spiro atoms. The number of fused-ring (bicyclic) bond motifs is 1. The van der Waals surface area contributed by atoms with Gasteiger partial charge in [-0.2, -0.15) is 0 Å². The number of aryl methyl sites for hydroxylation is 1. The fraction of sp³-hybridized carbons (Fsp3) is 0.500. The summed E-state index contributed by atoms with van der Waals surface area (Å²) in [4.78, 5) is 38.9. The molecule has 0 bridgehead atoms. The number of ether oxygens (including phenoxy) is 1. The third-order valence-corrected chi connectivity index (χ3v) is 5.14. The monoisotopic (exact) mass is 330 g/mol. The van der Waals surface area contributed by atoms with E-state index in [1.165, 1.54) is 7.05 Å². The number of carbonyl (C=O) groups excluding carboxylic acids is 3. The van der Waals surface area contributed by atoms with Crippen LogP contribution < -0.4 is 5.32 Å². The second-order valence-corrected chi connectivity index (χ2v) is 6.69. The minimum atomic E-state index is -1.21. The Bertz CT molecular complexity index is 699. The highest BCUT2D eigenvalue weighted by molar-refractivity contribution is 6.09. The minimum Gasteiger partial charge on any atom is -0.465 e. The third-order valence-electron chi connectivity index (χ3n) is 5.14. The number of nitrogens with zero attached hydrogens (tertiary/aromatic N) is 1. The van der Waals surface area contributed by atoms with Crippen molar-refractivity contribution in [3.05, 3.63) is 35.4 Å². The molecule has 0 saturated carbocycles. The van der Waals surface area contributed by atoms with E-state index in [1.807, 2.05) is 31.2 Å². The Morgan fingerprint density at radius 2 is 1.88 bits per heavy atom. The second kappa shape index (κ2) is 5.70. The van der Waals surface area contributed by atoms with E-state index in [9.17, 15) is 14.4 Å². The maximum Gasteiger partial charge on any atom is 0.326 e. The molecule has 0 radical (unpaired) electrons. The molecule has 128 valence electrons. The van der Waals surface area contributed by atoms with Crippen LogP contribution in [0.4, 0.5) is 0 Å². The van der Waals surface area contributed by atoms with Gasteiger partial charge in [-0.05, 0) is 26.3 Å². The zero-order chi connectivity index (χ0) is 17.6. The van der Waals surface area contributed by atoms with E-state index in [1.54, 1.807) is 13.8 Å². The van der Waals surface area contributed by atoms with Gasteiger partial charge in [0.05, 0.1) is 18.4 Å². The van der Waals surface area contributed by atoms with E-state index >= 15 is 0 Å². The molecule has 0 aliphatic carbocycles. The van der Waals surface area contributed by atoms with Crippen LogP contribution in [-0.2, 0) is 19.1 Å². The topological polar surface area (TPSA) is 75.7 Å². The predicted molar refractivity (Wildman–Crippen MR) is 86.9 cm³/mol. The van der Waals surface area contributed by atoms with Crippen molar-refractivity contribution in [3.8, 4) is 0 Å². The number of hydrogen-bond donors (Lipinski definition) is 1. The molecule has 1 aromatic carbocycles. The number of hydrogen-bond acceptors (Lipinski definition) is 5. The quantitative estimate of drug-likeness (QED) is 0.665. The summed E-state index contributed by atoms with van der Waals surface area (Å²) in [6, 6.07) is 7.37. The fourth-order valence-corrected chi connectivity index (χ4v) is 3.81. The molecule has 0 aromatic heterocycles. The summed E-state index contributed by atoms with van der Waals surface area (Å²) in [7, 11) is 1.47. The van der Waals surface area contributed by atoms with Gasteiger partial charge in [-0.3, -0.25) is 24.6 Å². The first-order chi connectivity index (χ1) is 11.3. The molecule has 6 nitrogen and oxygen atoms in total. The highest BCUT2D eigenvalue weighted by Gasteiger charge is 2.66. The van der Waals surface area contributed by atoms with E-state index in [2.05, 4.69) is 5.32 Å². The minimum absolute atomic E-state index is 0.223. The SMILES string of the molecule is CCOC(=O)[C@]1(C)N[C@@H](c2ccc(C)cc2)[C@H]2C(=O)N(C)C(=O)[C@H]21. The van der Waals surface area contributed by atoms with Gasteiger partial charge in [0, 0.05) is 13.1 Å². The van der Waals surface area contributed by atoms with Gasteiger partial charge >= 0.3 is 5.97 Å². The van der Waals surface area contributed by atoms with E-state index in [0.717, 1.165) is 16.0 Å². The molecule has 2 aliphatic rings. The standard InChI is InChI=1S/C18H22N2O4/c1-5-24-17(23)18(3)13-12(15(21)20(4)16(13)22)14(19-18)11-8-6-10(2)7-9-11/h6-9,12-14,19H,5H2,1-4H3/t12-,13-,14-,18+/m0/s1. The molecule has 0 unspecified atom stereocenters. The average Bonchev–Trinajstić information content (AvgIpc) is 2.99. The summed E-state index contributed by atoms with van der Waals surface area (Å²) in [5.41, 5.74) is 0.778. The van der Waals surface area contributed by atoms with Crippen LogP contribution in [0.25, 0.3) is 0 Å². The zero-order valence-corrected chi connectivity index (χ0v) is 14.3. The molecule has 1 aromatic rings. The first kappa shape index (κ1) is 16.6. The number of nitrogens with one attached hydrogen (secondary N) is 1. The normalized spacial score (nSPS) is 32.2. The lowest BCUT2D eigenvalue weighted by atomic mass is 9.80. The van der Waals surface area contributed by atoms with Crippen LogP contribution >= 0.6 is 0 Å². The molecule has 2 heterocycles. The van der Waals surface area contributed by atoms with Gasteiger partial charge < -0.3 is 4.74 Å². The van der Waals surface area contributed by atoms with E-state index in [4.69, 9.17) is 4.74 Å². The van der Waals surface area contributed by atoms with Gasteiger partial charge in [-0.25, -0.2) is 0 Å². The molecule has 2 amide bonds. The van der Waals surface area contributed by atoms with Crippen LogP contribution in [-0.4, -0.2) is 41.9 Å². The Morgan fingerprint density at radius 3 is 2.46 bits per heavy atom. The van der Waals surface area contributed by atoms with E-state index in [-0.39, 0.29) is 18.4 Å². The van der Waals surface area contributed by atoms with Crippen LogP contribution in [0.3, 0.4) is 0 Å². The maximum atomic E-state index is 12.6. The van der Waals surface area contributed by atoms with E-state index < -0.39 is 29.4 Å². The van der Waals surface area contributed by atoms with Crippen molar-refractivity contribution in [3.63, 3.8) is 0 Å². The molecular weight excluding hydrogens is 308 g/mol. The molecule has 1 N–H and O–H groups in total. The van der Waals surface area contributed by atoms with Crippen molar-refractivity contribution in [2.45, 2.75) is 32.4 Å². The second-order valence-electron chi connectivity index (χ2n) is 6.69. The smallest absolute Gasteiger partial charge is 0.326 e. The highest BCUT2D eigenvalue weighted by Crippen LogP contribution is 2.48. The Balaban J connectivity index is 2.06. The molecular formula is C18H22N2O4. The summed E-state index contributed by atoms with van der Waals surface area (Å²) >= 11 is 0. The molecule has 2 saturated heterocycles. The summed E-state index contributed by atoms with van der Waals surface area (Å²) in [5.74, 6) is -2.43. The van der Waals surface area contributed by atoms with Gasteiger partial charge in [0.25, 0.3) is 0 Å². The van der Waals surface area contributed by atoms with Gasteiger partial charge in [-0.15, -0.1) is 0 Å². The molecule has 3 rings (SSSR count). The van der Waals surface area contributed by atoms with Crippen LogP contribution in [0.1, 0.15) is 31.0 Å². The first-order valence-electron chi connectivity index (χ1n) is 8.14. The van der Waals surface area contributed by atoms with Crippen molar-refractivity contribution < 1.29 is 19.1 Å². The Labute approximate surface area is 141 Å². The summed E-state index contributed by atoms with van der Waals surface area (Å²) in [6.45, 7) is 5.58. The Hall–Kier alpha value is -2.21. The lowest BCUT2D eigenvalue weighted by Gasteiger charge is -2.28. The maximum absolute atomic E-state index is 12.6. The van der Waals surface area contributed by atoms with Gasteiger partial charge in [0.1, 0.15) is 5.54 Å². The number of esters is 1. The van der Waals surface area contributed by atoms with Crippen molar-refractivity contribution in [2.75, 3.05) is 13.7 Å². The largest absolute Gasteiger partial charge is 0.465 e. The van der Waals surface area contributed by atoms with Gasteiger partial charge in [0.15, 0.2) is 0 Å². The summed E-state index contributed by atoms with van der Waals surface area (Å²) in [5, 5.41) is 3.23. The van der Waals surface area contributed by atoms with Crippen LogP contribution in [0, 0.1) is 18.8 Å². The number of carbonyl (C=O) groups is 3. The van der Waals surface area contributed by atoms with E-state index in [0.29, 0.717) is 0 Å².